The Bertz CT molecular complexity index is 1020. The standard InChI is InChI=1S/C20H15N3O3S/c1-13-14(7-6-10-15(13)23(25)26)21-20(24)22-16-8-2-4-11-18(16)27-19-12-5-3-9-17(19)22/h2-12H,1H3,(H,21,24). The van der Waals surface area contributed by atoms with E-state index in [0.29, 0.717) is 11.3 Å². The predicted molar refractivity (Wildman–Crippen MR) is 106 cm³/mol. The molecule has 0 fully saturated rings. The maximum absolute atomic E-state index is 13.2. The molecule has 1 N–H and O–H groups in total. The Morgan fingerprint density at radius 1 is 0.963 bits per heavy atom. The largest absolute Gasteiger partial charge is 0.331 e. The minimum atomic E-state index is -0.451. The summed E-state index contributed by atoms with van der Waals surface area (Å²) in [6, 6.07) is 19.6. The number of carbonyl (C=O) groups is 1. The van der Waals surface area contributed by atoms with E-state index in [1.807, 2.05) is 48.5 Å². The molecule has 3 aromatic rings. The monoisotopic (exact) mass is 377 g/mol. The van der Waals surface area contributed by atoms with E-state index < -0.39 is 4.92 Å². The first kappa shape index (κ1) is 17.1. The van der Waals surface area contributed by atoms with Gasteiger partial charge in [0.15, 0.2) is 0 Å². The lowest BCUT2D eigenvalue weighted by Crippen LogP contribution is -2.33. The summed E-state index contributed by atoms with van der Waals surface area (Å²) >= 11 is 1.61. The molecule has 0 aliphatic carbocycles. The molecule has 3 aromatic carbocycles. The third-order valence-electron chi connectivity index (χ3n) is 4.38. The van der Waals surface area contributed by atoms with Gasteiger partial charge in [-0.1, -0.05) is 42.1 Å². The van der Waals surface area contributed by atoms with E-state index in [1.165, 1.54) is 6.07 Å². The zero-order chi connectivity index (χ0) is 19.0. The maximum atomic E-state index is 13.2. The average molecular weight is 377 g/mol. The summed E-state index contributed by atoms with van der Waals surface area (Å²) in [5.74, 6) is 0. The highest BCUT2D eigenvalue weighted by Crippen LogP contribution is 2.48. The fourth-order valence-electron chi connectivity index (χ4n) is 3.05. The molecule has 4 rings (SSSR count). The van der Waals surface area contributed by atoms with Crippen molar-refractivity contribution in [2.24, 2.45) is 0 Å². The van der Waals surface area contributed by atoms with Gasteiger partial charge in [0, 0.05) is 15.9 Å². The van der Waals surface area contributed by atoms with Gasteiger partial charge in [0.1, 0.15) is 0 Å². The number of para-hydroxylation sites is 2. The summed E-state index contributed by atoms with van der Waals surface area (Å²) in [7, 11) is 0. The molecule has 0 saturated carbocycles. The van der Waals surface area contributed by atoms with Gasteiger partial charge in [-0.3, -0.25) is 15.0 Å². The Kier molecular flexibility index (Phi) is 4.29. The van der Waals surface area contributed by atoms with Crippen LogP contribution in [0, 0.1) is 17.0 Å². The molecule has 134 valence electrons. The van der Waals surface area contributed by atoms with Crippen LogP contribution in [-0.2, 0) is 0 Å². The third-order valence-corrected chi connectivity index (χ3v) is 5.51. The molecular weight excluding hydrogens is 362 g/mol. The van der Waals surface area contributed by atoms with Crippen molar-refractivity contribution in [2.45, 2.75) is 16.7 Å². The first-order chi connectivity index (χ1) is 13.1. The number of rotatable bonds is 2. The fraction of sp³-hybridized carbons (Fsp3) is 0.0500. The zero-order valence-corrected chi connectivity index (χ0v) is 15.2. The first-order valence-electron chi connectivity index (χ1n) is 8.27. The molecular formula is C20H15N3O3S. The van der Waals surface area contributed by atoms with Gasteiger partial charge in [0.05, 0.1) is 27.5 Å². The second kappa shape index (κ2) is 6.77. The summed E-state index contributed by atoms with van der Waals surface area (Å²) in [5, 5.41) is 14.0. The van der Waals surface area contributed by atoms with Crippen LogP contribution in [0.5, 0.6) is 0 Å². The highest BCUT2D eigenvalue weighted by Gasteiger charge is 2.28. The van der Waals surface area contributed by atoms with Crippen LogP contribution < -0.4 is 10.2 Å². The molecule has 27 heavy (non-hydrogen) atoms. The molecule has 0 atom stereocenters. The van der Waals surface area contributed by atoms with Crippen molar-refractivity contribution in [2.75, 3.05) is 10.2 Å². The molecule has 6 nitrogen and oxygen atoms in total. The molecule has 2 amide bonds. The molecule has 0 unspecified atom stereocenters. The molecule has 1 heterocycles. The van der Waals surface area contributed by atoms with Crippen LogP contribution in [-0.4, -0.2) is 11.0 Å². The Hall–Kier alpha value is -3.32. The number of urea groups is 1. The number of hydrogen-bond acceptors (Lipinski definition) is 4. The van der Waals surface area contributed by atoms with Crippen LogP contribution >= 0.6 is 11.8 Å². The number of carbonyl (C=O) groups excluding carboxylic acids is 1. The summed E-state index contributed by atoms with van der Waals surface area (Å²) in [6.45, 7) is 1.63. The molecule has 7 heteroatoms. The van der Waals surface area contributed by atoms with Gasteiger partial charge >= 0.3 is 6.03 Å². The predicted octanol–water partition coefficient (Wildman–Crippen LogP) is 5.74. The zero-order valence-electron chi connectivity index (χ0n) is 14.4. The number of anilines is 3. The summed E-state index contributed by atoms with van der Waals surface area (Å²) < 4.78 is 0. The van der Waals surface area contributed by atoms with Crippen LogP contribution in [0.3, 0.4) is 0 Å². The summed E-state index contributed by atoms with van der Waals surface area (Å²) in [6.07, 6.45) is 0. The van der Waals surface area contributed by atoms with Crippen molar-refractivity contribution in [3.63, 3.8) is 0 Å². The van der Waals surface area contributed by atoms with E-state index in [4.69, 9.17) is 0 Å². The van der Waals surface area contributed by atoms with Crippen LogP contribution in [0.2, 0.25) is 0 Å². The van der Waals surface area contributed by atoms with E-state index in [-0.39, 0.29) is 11.7 Å². The number of nitrogens with one attached hydrogen (secondary N) is 1. The van der Waals surface area contributed by atoms with Crippen molar-refractivity contribution >= 4 is 40.5 Å². The van der Waals surface area contributed by atoms with E-state index in [0.717, 1.165) is 21.2 Å². The topological polar surface area (TPSA) is 75.5 Å². The quantitative estimate of drug-likeness (QED) is 0.456. The number of amides is 2. The van der Waals surface area contributed by atoms with Gasteiger partial charge in [-0.15, -0.1) is 0 Å². The lowest BCUT2D eigenvalue weighted by atomic mass is 10.1. The number of nitrogens with zero attached hydrogens (tertiary/aromatic N) is 2. The van der Waals surface area contributed by atoms with Crippen molar-refractivity contribution < 1.29 is 9.72 Å². The van der Waals surface area contributed by atoms with E-state index >= 15 is 0 Å². The second-order valence-corrected chi connectivity index (χ2v) is 7.09. The fourth-order valence-corrected chi connectivity index (χ4v) is 4.11. The normalized spacial score (nSPS) is 12.1. The Balaban J connectivity index is 1.75. The maximum Gasteiger partial charge on any atom is 0.331 e. The lowest BCUT2D eigenvalue weighted by molar-refractivity contribution is -0.385. The number of fused-ring (bicyclic) bond motifs is 2. The Morgan fingerprint density at radius 2 is 1.56 bits per heavy atom. The molecule has 1 aliphatic rings. The number of benzene rings is 3. The van der Waals surface area contributed by atoms with Gasteiger partial charge in [-0.05, 0) is 37.3 Å². The number of hydrogen-bond donors (Lipinski definition) is 1. The molecule has 0 spiro atoms. The van der Waals surface area contributed by atoms with E-state index in [2.05, 4.69) is 5.32 Å². The van der Waals surface area contributed by atoms with Crippen LogP contribution in [0.15, 0.2) is 76.5 Å². The van der Waals surface area contributed by atoms with Crippen molar-refractivity contribution in [1.82, 2.24) is 0 Å². The van der Waals surface area contributed by atoms with Crippen LogP contribution in [0.1, 0.15) is 5.56 Å². The van der Waals surface area contributed by atoms with Crippen LogP contribution in [0.4, 0.5) is 27.5 Å². The van der Waals surface area contributed by atoms with Gasteiger partial charge in [-0.25, -0.2) is 4.79 Å². The van der Waals surface area contributed by atoms with E-state index in [1.54, 1.807) is 35.7 Å². The summed E-state index contributed by atoms with van der Waals surface area (Å²) in [5.41, 5.74) is 2.37. The number of nitro benzene ring substituents is 1. The molecule has 0 saturated heterocycles. The first-order valence-corrected chi connectivity index (χ1v) is 9.09. The minimum absolute atomic E-state index is 0.0252. The highest BCUT2D eigenvalue weighted by atomic mass is 32.2. The Labute approximate surface area is 160 Å². The molecule has 0 bridgehead atoms. The molecule has 0 radical (unpaired) electrons. The van der Waals surface area contributed by atoms with Gasteiger partial charge < -0.3 is 5.32 Å². The van der Waals surface area contributed by atoms with Crippen molar-refractivity contribution in [3.8, 4) is 0 Å². The van der Waals surface area contributed by atoms with Gasteiger partial charge in [0.2, 0.25) is 0 Å². The van der Waals surface area contributed by atoms with E-state index in [9.17, 15) is 14.9 Å². The lowest BCUT2D eigenvalue weighted by Gasteiger charge is -2.31. The highest BCUT2D eigenvalue weighted by molar-refractivity contribution is 7.99. The third kappa shape index (κ3) is 3.02. The minimum Gasteiger partial charge on any atom is -0.307 e. The van der Waals surface area contributed by atoms with Gasteiger partial charge in [-0.2, -0.15) is 0 Å². The van der Waals surface area contributed by atoms with Crippen molar-refractivity contribution in [1.29, 1.82) is 0 Å². The SMILES string of the molecule is Cc1c(NC(=O)N2c3ccccc3Sc3ccccc32)cccc1[N+](=O)[O-]. The average Bonchev–Trinajstić information content (AvgIpc) is 2.67. The number of nitro groups is 1. The summed E-state index contributed by atoms with van der Waals surface area (Å²) in [4.78, 5) is 27.4. The molecule has 0 aromatic heterocycles. The van der Waals surface area contributed by atoms with Crippen LogP contribution in [0.25, 0.3) is 0 Å². The molecule has 1 aliphatic heterocycles. The second-order valence-electron chi connectivity index (χ2n) is 6.01. The smallest absolute Gasteiger partial charge is 0.307 e. The van der Waals surface area contributed by atoms with Crippen molar-refractivity contribution in [3.05, 3.63) is 82.4 Å². The van der Waals surface area contributed by atoms with Gasteiger partial charge in [0.25, 0.3) is 5.69 Å². The Morgan fingerprint density at radius 3 is 2.15 bits per heavy atom.